The summed E-state index contributed by atoms with van der Waals surface area (Å²) in [5.74, 6) is -0.518. The SMILES string of the molecule is N#Cc1cccc(CNc2cc(Cl)ccc2Cl)c1F. The van der Waals surface area contributed by atoms with Crippen LogP contribution in [0.2, 0.25) is 10.0 Å². The predicted octanol–water partition coefficient (Wildman–Crippen LogP) is 4.62. The van der Waals surface area contributed by atoms with E-state index in [0.717, 1.165) is 0 Å². The van der Waals surface area contributed by atoms with Crippen LogP contribution in [0.1, 0.15) is 11.1 Å². The lowest BCUT2D eigenvalue weighted by Crippen LogP contribution is -2.03. The van der Waals surface area contributed by atoms with Crippen molar-refractivity contribution in [1.29, 1.82) is 5.26 Å². The van der Waals surface area contributed by atoms with Crippen molar-refractivity contribution in [2.45, 2.75) is 6.54 Å². The minimum atomic E-state index is -0.518. The molecule has 0 unspecified atom stereocenters. The highest BCUT2D eigenvalue weighted by Gasteiger charge is 2.08. The fourth-order valence-electron chi connectivity index (χ4n) is 1.63. The highest BCUT2D eigenvalue weighted by molar-refractivity contribution is 6.35. The van der Waals surface area contributed by atoms with Gasteiger partial charge in [0.15, 0.2) is 0 Å². The van der Waals surface area contributed by atoms with E-state index in [9.17, 15) is 4.39 Å². The Morgan fingerprint density at radius 2 is 2.00 bits per heavy atom. The van der Waals surface area contributed by atoms with E-state index in [4.69, 9.17) is 28.5 Å². The van der Waals surface area contributed by atoms with Crippen LogP contribution in [0.25, 0.3) is 0 Å². The third kappa shape index (κ3) is 3.17. The van der Waals surface area contributed by atoms with Gasteiger partial charge in [-0.05, 0) is 24.3 Å². The molecule has 96 valence electrons. The lowest BCUT2D eigenvalue weighted by atomic mass is 10.1. The van der Waals surface area contributed by atoms with E-state index in [2.05, 4.69) is 5.32 Å². The van der Waals surface area contributed by atoms with Gasteiger partial charge >= 0.3 is 0 Å². The lowest BCUT2D eigenvalue weighted by Gasteiger charge is -2.10. The van der Waals surface area contributed by atoms with Crippen molar-refractivity contribution in [3.8, 4) is 6.07 Å². The van der Waals surface area contributed by atoms with Crippen molar-refractivity contribution in [1.82, 2.24) is 0 Å². The van der Waals surface area contributed by atoms with E-state index in [0.29, 0.717) is 21.3 Å². The monoisotopic (exact) mass is 294 g/mol. The lowest BCUT2D eigenvalue weighted by molar-refractivity contribution is 0.609. The van der Waals surface area contributed by atoms with Crippen molar-refractivity contribution in [3.05, 3.63) is 63.4 Å². The first-order valence-electron chi connectivity index (χ1n) is 5.48. The van der Waals surface area contributed by atoms with Crippen LogP contribution >= 0.6 is 23.2 Å². The highest BCUT2D eigenvalue weighted by Crippen LogP contribution is 2.26. The molecule has 0 aromatic heterocycles. The molecule has 0 amide bonds. The van der Waals surface area contributed by atoms with E-state index in [1.165, 1.54) is 6.07 Å². The zero-order valence-corrected chi connectivity index (χ0v) is 11.3. The Labute approximate surface area is 120 Å². The van der Waals surface area contributed by atoms with Crippen LogP contribution in [0.3, 0.4) is 0 Å². The molecule has 0 aliphatic heterocycles. The van der Waals surface area contributed by atoms with Crippen molar-refractivity contribution < 1.29 is 4.39 Å². The molecule has 0 spiro atoms. The van der Waals surface area contributed by atoms with E-state index >= 15 is 0 Å². The highest BCUT2D eigenvalue weighted by atomic mass is 35.5. The van der Waals surface area contributed by atoms with Gasteiger partial charge in [0.2, 0.25) is 0 Å². The summed E-state index contributed by atoms with van der Waals surface area (Å²) in [4.78, 5) is 0. The summed E-state index contributed by atoms with van der Waals surface area (Å²) < 4.78 is 13.8. The second-order valence-electron chi connectivity index (χ2n) is 3.87. The Morgan fingerprint density at radius 1 is 1.21 bits per heavy atom. The topological polar surface area (TPSA) is 35.8 Å². The molecule has 1 N–H and O–H groups in total. The molecule has 0 aliphatic carbocycles. The smallest absolute Gasteiger partial charge is 0.145 e. The Kier molecular flexibility index (Phi) is 4.26. The van der Waals surface area contributed by atoms with Crippen LogP contribution in [-0.4, -0.2) is 0 Å². The largest absolute Gasteiger partial charge is 0.380 e. The van der Waals surface area contributed by atoms with E-state index in [1.54, 1.807) is 36.4 Å². The van der Waals surface area contributed by atoms with Crippen molar-refractivity contribution >= 4 is 28.9 Å². The summed E-state index contributed by atoms with van der Waals surface area (Å²) in [6.07, 6.45) is 0. The first-order chi connectivity index (χ1) is 9.11. The van der Waals surface area contributed by atoms with E-state index in [-0.39, 0.29) is 12.1 Å². The minimum Gasteiger partial charge on any atom is -0.380 e. The second-order valence-corrected chi connectivity index (χ2v) is 4.71. The van der Waals surface area contributed by atoms with Gasteiger partial charge in [-0.25, -0.2) is 4.39 Å². The molecule has 2 aromatic carbocycles. The average molecular weight is 295 g/mol. The van der Waals surface area contributed by atoms with Crippen LogP contribution < -0.4 is 5.32 Å². The number of halogens is 3. The van der Waals surface area contributed by atoms with Crippen LogP contribution in [0.15, 0.2) is 36.4 Å². The number of nitrogens with zero attached hydrogens (tertiary/aromatic N) is 1. The molecule has 0 radical (unpaired) electrons. The first kappa shape index (κ1) is 13.7. The normalized spacial score (nSPS) is 10.0. The molecule has 5 heteroatoms. The van der Waals surface area contributed by atoms with Crippen molar-refractivity contribution in [2.75, 3.05) is 5.32 Å². The van der Waals surface area contributed by atoms with Gasteiger partial charge in [0, 0.05) is 17.1 Å². The van der Waals surface area contributed by atoms with Crippen LogP contribution in [0.5, 0.6) is 0 Å². The summed E-state index contributed by atoms with van der Waals surface area (Å²) in [7, 11) is 0. The minimum absolute atomic E-state index is 0.0245. The van der Waals surface area contributed by atoms with Crippen molar-refractivity contribution in [3.63, 3.8) is 0 Å². The number of nitriles is 1. The first-order valence-corrected chi connectivity index (χ1v) is 6.24. The van der Waals surface area contributed by atoms with Gasteiger partial charge in [-0.2, -0.15) is 5.26 Å². The Hall–Kier alpha value is -1.76. The molecule has 2 aromatic rings. The van der Waals surface area contributed by atoms with Crippen molar-refractivity contribution in [2.24, 2.45) is 0 Å². The molecular weight excluding hydrogens is 286 g/mol. The molecule has 0 aliphatic rings. The zero-order valence-electron chi connectivity index (χ0n) is 9.75. The van der Waals surface area contributed by atoms with Gasteiger partial charge in [-0.3, -0.25) is 0 Å². The maximum absolute atomic E-state index is 13.8. The van der Waals surface area contributed by atoms with Crippen LogP contribution in [-0.2, 0) is 6.54 Å². The summed E-state index contributed by atoms with van der Waals surface area (Å²) in [5.41, 5.74) is 1.04. The number of benzene rings is 2. The molecular formula is C14H9Cl2FN2. The molecule has 19 heavy (non-hydrogen) atoms. The standard InChI is InChI=1S/C14H9Cl2FN2/c15-11-4-5-12(16)13(6-11)19-8-10-3-1-2-9(7-18)14(10)17/h1-6,19H,8H2. The molecule has 0 bridgehead atoms. The summed E-state index contributed by atoms with van der Waals surface area (Å²) in [6, 6.07) is 11.5. The van der Waals surface area contributed by atoms with Crippen LogP contribution in [0, 0.1) is 17.1 Å². The maximum Gasteiger partial charge on any atom is 0.145 e. The van der Waals surface area contributed by atoms with Gasteiger partial charge < -0.3 is 5.32 Å². The third-order valence-corrected chi connectivity index (χ3v) is 3.16. The van der Waals surface area contributed by atoms with Crippen LogP contribution in [0.4, 0.5) is 10.1 Å². The summed E-state index contributed by atoms with van der Waals surface area (Å²) in [5, 5.41) is 12.8. The molecule has 2 rings (SSSR count). The number of hydrogen-bond acceptors (Lipinski definition) is 2. The number of rotatable bonds is 3. The van der Waals surface area contributed by atoms with E-state index in [1.807, 2.05) is 0 Å². The van der Waals surface area contributed by atoms with Gasteiger partial charge in [0.1, 0.15) is 11.9 Å². The maximum atomic E-state index is 13.8. The molecule has 0 saturated carbocycles. The molecule has 0 atom stereocenters. The molecule has 0 fully saturated rings. The van der Waals surface area contributed by atoms with Gasteiger partial charge in [-0.1, -0.05) is 35.3 Å². The molecule has 0 saturated heterocycles. The molecule has 0 heterocycles. The second kappa shape index (κ2) is 5.92. The number of nitrogens with one attached hydrogen (secondary N) is 1. The Balaban J connectivity index is 2.20. The zero-order chi connectivity index (χ0) is 13.8. The number of hydrogen-bond donors (Lipinski definition) is 1. The fraction of sp³-hybridized carbons (Fsp3) is 0.0714. The quantitative estimate of drug-likeness (QED) is 0.897. The Bertz CT molecular complexity index is 650. The average Bonchev–Trinajstić information content (AvgIpc) is 2.41. The third-order valence-electron chi connectivity index (χ3n) is 2.60. The van der Waals surface area contributed by atoms with E-state index < -0.39 is 5.82 Å². The predicted molar refractivity (Wildman–Crippen MR) is 74.9 cm³/mol. The summed E-state index contributed by atoms with van der Waals surface area (Å²) >= 11 is 11.9. The summed E-state index contributed by atoms with van der Waals surface area (Å²) in [6.45, 7) is 0.224. The van der Waals surface area contributed by atoms with Gasteiger partial charge in [0.25, 0.3) is 0 Å². The number of anilines is 1. The fourth-order valence-corrected chi connectivity index (χ4v) is 1.98. The molecule has 2 nitrogen and oxygen atoms in total. The van der Waals surface area contributed by atoms with Gasteiger partial charge in [-0.15, -0.1) is 0 Å². The Morgan fingerprint density at radius 3 is 2.74 bits per heavy atom. The van der Waals surface area contributed by atoms with Gasteiger partial charge in [0.05, 0.1) is 16.3 Å².